The summed E-state index contributed by atoms with van der Waals surface area (Å²) >= 11 is 0. The highest BCUT2D eigenvalue weighted by atomic mass is 16.2. The van der Waals surface area contributed by atoms with Gasteiger partial charge in [-0.2, -0.15) is 5.10 Å². The van der Waals surface area contributed by atoms with Gasteiger partial charge < -0.3 is 10.6 Å². The Kier molecular flexibility index (Phi) is 4.14. The molecule has 1 atom stereocenters. The van der Waals surface area contributed by atoms with E-state index in [0.29, 0.717) is 18.9 Å². The van der Waals surface area contributed by atoms with Gasteiger partial charge in [-0.05, 0) is 37.3 Å². The SMILES string of the molecule is NCCC1CCCN(C(=O)Cc2cn[nH]c2)C1. The molecule has 2 rings (SSSR count). The molecule has 1 aromatic heterocycles. The topological polar surface area (TPSA) is 75.0 Å². The van der Waals surface area contributed by atoms with E-state index in [1.54, 1.807) is 12.4 Å². The van der Waals surface area contributed by atoms with Crippen molar-refractivity contribution in [1.29, 1.82) is 0 Å². The van der Waals surface area contributed by atoms with E-state index in [-0.39, 0.29) is 5.91 Å². The molecule has 0 aromatic carbocycles. The van der Waals surface area contributed by atoms with E-state index in [0.717, 1.165) is 31.5 Å². The van der Waals surface area contributed by atoms with Gasteiger partial charge in [-0.15, -0.1) is 0 Å². The zero-order valence-electron chi connectivity index (χ0n) is 10.1. The number of likely N-dealkylation sites (tertiary alicyclic amines) is 1. The summed E-state index contributed by atoms with van der Waals surface area (Å²) in [4.78, 5) is 14.0. The van der Waals surface area contributed by atoms with E-state index in [2.05, 4.69) is 10.2 Å². The molecule has 1 amide bonds. The number of aromatic nitrogens is 2. The molecule has 0 aliphatic carbocycles. The van der Waals surface area contributed by atoms with Crippen molar-refractivity contribution >= 4 is 5.91 Å². The van der Waals surface area contributed by atoms with E-state index in [9.17, 15) is 4.79 Å². The van der Waals surface area contributed by atoms with Crippen molar-refractivity contribution in [3.8, 4) is 0 Å². The molecule has 1 fully saturated rings. The Morgan fingerprint density at radius 3 is 3.24 bits per heavy atom. The number of carbonyl (C=O) groups is 1. The summed E-state index contributed by atoms with van der Waals surface area (Å²) in [6, 6.07) is 0. The van der Waals surface area contributed by atoms with Crippen LogP contribution in [-0.4, -0.2) is 40.6 Å². The third-order valence-electron chi connectivity index (χ3n) is 3.36. The minimum Gasteiger partial charge on any atom is -0.342 e. The average molecular weight is 236 g/mol. The first-order valence-corrected chi connectivity index (χ1v) is 6.25. The molecule has 94 valence electrons. The van der Waals surface area contributed by atoms with Gasteiger partial charge in [0, 0.05) is 19.3 Å². The Hall–Kier alpha value is -1.36. The number of nitrogens with one attached hydrogen (secondary N) is 1. The average Bonchev–Trinajstić information content (AvgIpc) is 2.83. The maximum absolute atomic E-state index is 12.1. The predicted octanol–water partition coefficient (Wildman–Crippen LogP) is 0.540. The molecule has 0 spiro atoms. The molecule has 17 heavy (non-hydrogen) atoms. The van der Waals surface area contributed by atoms with Crippen molar-refractivity contribution in [1.82, 2.24) is 15.1 Å². The number of carbonyl (C=O) groups excluding carboxylic acids is 1. The van der Waals surface area contributed by atoms with Crippen molar-refractivity contribution in [3.05, 3.63) is 18.0 Å². The number of piperidine rings is 1. The second-order valence-corrected chi connectivity index (χ2v) is 4.71. The van der Waals surface area contributed by atoms with Crippen LogP contribution < -0.4 is 5.73 Å². The van der Waals surface area contributed by atoms with Gasteiger partial charge in [-0.25, -0.2) is 0 Å². The number of rotatable bonds is 4. The highest BCUT2D eigenvalue weighted by Crippen LogP contribution is 2.19. The van der Waals surface area contributed by atoms with Gasteiger partial charge in [0.15, 0.2) is 0 Å². The number of hydrogen-bond donors (Lipinski definition) is 2. The van der Waals surface area contributed by atoms with Crippen molar-refractivity contribution in [2.24, 2.45) is 11.7 Å². The fraction of sp³-hybridized carbons (Fsp3) is 0.667. The number of amides is 1. The molecule has 1 aromatic rings. The Bertz CT molecular complexity index is 347. The molecule has 0 saturated carbocycles. The van der Waals surface area contributed by atoms with Crippen LogP contribution in [0.1, 0.15) is 24.8 Å². The molecular weight excluding hydrogens is 216 g/mol. The minimum atomic E-state index is 0.202. The van der Waals surface area contributed by atoms with Crippen LogP contribution in [0.2, 0.25) is 0 Å². The highest BCUT2D eigenvalue weighted by Gasteiger charge is 2.23. The quantitative estimate of drug-likeness (QED) is 0.801. The Balaban J connectivity index is 1.86. The lowest BCUT2D eigenvalue weighted by Gasteiger charge is -2.32. The summed E-state index contributed by atoms with van der Waals surface area (Å²) in [5.41, 5.74) is 6.53. The molecule has 5 nitrogen and oxygen atoms in total. The molecular formula is C12H20N4O. The summed E-state index contributed by atoms with van der Waals surface area (Å²) in [6.07, 6.45) is 7.26. The van der Waals surface area contributed by atoms with Crippen LogP contribution in [0.15, 0.2) is 12.4 Å². The molecule has 0 radical (unpaired) electrons. The second kappa shape index (κ2) is 5.82. The Labute approximate surface area is 101 Å². The normalized spacial score (nSPS) is 20.5. The number of aromatic amines is 1. The molecule has 3 N–H and O–H groups in total. The molecule has 2 heterocycles. The van der Waals surface area contributed by atoms with Gasteiger partial charge >= 0.3 is 0 Å². The third-order valence-corrected chi connectivity index (χ3v) is 3.36. The first-order chi connectivity index (χ1) is 8.29. The fourth-order valence-electron chi connectivity index (χ4n) is 2.42. The van der Waals surface area contributed by atoms with Gasteiger partial charge in [0.1, 0.15) is 0 Å². The molecule has 1 unspecified atom stereocenters. The second-order valence-electron chi connectivity index (χ2n) is 4.71. The number of H-pyrrole nitrogens is 1. The van der Waals surface area contributed by atoms with E-state index in [1.165, 1.54) is 6.42 Å². The van der Waals surface area contributed by atoms with E-state index in [1.807, 2.05) is 4.90 Å². The molecule has 5 heteroatoms. The molecule has 1 aliphatic heterocycles. The Morgan fingerprint density at radius 1 is 1.65 bits per heavy atom. The van der Waals surface area contributed by atoms with Crippen LogP contribution in [0.3, 0.4) is 0 Å². The van der Waals surface area contributed by atoms with Crippen LogP contribution in [0, 0.1) is 5.92 Å². The lowest BCUT2D eigenvalue weighted by atomic mass is 9.94. The van der Waals surface area contributed by atoms with Gasteiger partial charge in [0.2, 0.25) is 5.91 Å². The standard InChI is InChI=1S/C12H20N4O/c13-4-3-10-2-1-5-16(9-10)12(17)6-11-7-14-15-8-11/h7-8,10H,1-6,9,13H2,(H,14,15). The minimum absolute atomic E-state index is 0.202. The number of nitrogens with zero attached hydrogens (tertiary/aromatic N) is 2. The van der Waals surface area contributed by atoms with Gasteiger partial charge in [0.25, 0.3) is 0 Å². The van der Waals surface area contributed by atoms with E-state index in [4.69, 9.17) is 5.73 Å². The Morgan fingerprint density at radius 2 is 2.53 bits per heavy atom. The molecule has 0 bridgehead atoms. The number of nitrogens with two attached hydrogens (primary N) is 1. The summed E-state index contributed by atoms with van der Waals surface area (Å²) in [5.74, 6) is 0.787. The van der Waals surface area contributed by atoms with Gasteiger partial charge in [-0.1, -0.05) is 0 Å². The lowest BCUT2D eigenvalue weighted by molar-refractivity contribution is -0.132. The first-order valence-electron chi connectivity index (χ1n) is 6.25. The van der Waals surface area contributed by atoms with E-state index >= 15 is 0 Å². The maximum atomic E-state index is 12.1. The van der Waals surface area contributed by atoms with E-state index < -0.39 is 0 Å². The van der Waals surface area contributed by atoms with Crippen molar-refractivity contribution in [2.45, 2.75) is 25.7 Å². The van der Waals surface area contributed by atoms with Crippen LogP contribution in [0.4, 0.5) is 0 Å². The number of hydrogen-bond acceptors (Lipinski definition) is 3. The van der Waals surface area contributed by atoms with Crippen molar-refractivity contribution < 1.29 is 4.79 Å². The zero-order valence-corrected chi connectivity index (χ0v) is 10.1. The third kappa shape index (κ3) is 3.30. The monoisotopic (exact) mass is 236 g/mol. The van der Waals surface area contributed by atoms with Gasteiger partial charge in [-0.3, -0.25) is 9.89 Å². The largest absolute Gasteiger partial charge is 0.342 e. The maximum Gasteiger partial charge on any atom is 0.227 e. The lowest BCUT2D eigenvalue weighted by Crippen LogP contribution is -2.41. The van der Waals surface area contributed by atoms with Crippen LogP contribution in [0.5, 0.6) is 0 Å². The zero-order chi connectivity index (χ0) is 12.1. The first kappa shape index (κ1) is 12.1. The van der Waals surface area contributed by atoms with Gasteiger partial charge in [0.05, 0.1) is 12.6 Å². The van der Waals surface area contributed by atoms with Crippen LogP contribution in [-0.2, 0) is 11.2 Å². The smallest absolute Gasteiger partial charge is 0.227 e. The summed E-state index contributed by atoms with van der Waals surface area (Å²) in [5, 5.41) is 6.58. The summed E-state index contributed by atoms with van der Waals surface area (Å²) in [7, 11) is 0. The van der Waals surface area contributed by atoms with Crippen LogP contribution >= 0.6 is 0 Å². The molecule has 1 saturated heterocycles. The predicted molar refractivity (Wildman–Crippen MR) is 65.3 cm³/mol. The summed E-state index contributed by atoms with van der Waals surface area (Å²) < 4.78 is 0. The van der Waals surface area contributed by atoms with Crippen molar-refractivity contribution in [3.63, 3.8) is 0 Å². The van der Waals surface area contributed by atoms with Crippen LogP contribution in [0.25, 0.3) is 0 Å². The summed E-state index contributed by atoms with van der Waals surface area (Å²) in [6.45, 7) is 2.47. The molecule has 1 aliphatic rings. The highest BCUT2D eigenvalue weighted by molar-refractivity contribution is 5.78. The fourth-order valence-corrected chi connectivity index (χ4v) is 2.42. The van der Waals surface area contributed by atoms with Crippen molar-refractivity contribution in [2.75, 3.05) is 19.6 Å².